The summed E-state index contributed by atoms with van der Waals surface area (Å²) in [6.45, 7) is 2.97. The third-order valence-electron chi connectivity index (χ3n) is 2.87. The van der Waals surface area contributed by atoms with Crippen molar-refractivity contribution < 1.29 is 15.0 Å². The van der Waals surface area contributed by atoms with Crippen molar-refractivity contribution in [3.05, 3.63) is 29.2 Å². The van der Waals surface area contributed by atoms with Gasteiger partial charge in [-0.25, -0.2) is 9.50 Å². The summed E-state index contributed by atoms with van der Waals surface area (Å²) in [5.74, 6) is -0.395. The number of aliphatic hydroxyl groups is 2. The number of hydrogen-bond donors (Lipinski definition) is 3. The van der Waals surface area contributed by atoms with Crippen molar-refractivity contribution in [3.8, 4) is 0 Å². The summed E-state index contributed by atoms with van der Waals surface area (Å²) < 4.78 is 1.59. The van der Waals surface area contributed by atoms with Crippen LogP contribution in [0.2, 0.25) is 0 Å². The number of carbonyl (C=O) groups is 1. The number of nitrogens with one attached hydrogen (secondary N) is 1. The van der Waals surface area contributed by atoms with Gasteiger partial charge in [-0.3, -0.25) is 4.79 Å². The van der Waals surface area contributed by atoms with E-state index in [4.69, 9.17) is 10.2 Å². The van der Waals surface area contributed by atoms with Gasteiger partial charge in [0.05, 0.1) is 36.2 Å². The normalized spacial score (nSPS) is 11.2. The van der Waals surface area contributed by atoms with Gasteiger partial charge in [0, 0.05) is 12.3 Å². The molecule has 0 unspecified atom stereocenters. The Bertz CT molecular complexity index is 604. The fourth-order valence-electron chi connectivity index (χ4n) is 1.80. The van der Waals surface area contributed by atoms with E-state index in [1.165, 1.54) is 6.20 Å². The van der Waals surface area contributed by atoms with Crippen LogP contribution in [0.4, 0.5) is 0 Å². The predicted octanol–water partition coefficient (Wildman–Crippen LogP) is -0.571. The number of aromatic nitrogens is 3. The quantitative estimate of drug-likeness (QED) is 0.686. The highest BCUT2D eigenvalue weighted by Crippen LogP contribution is 2.11. The number of aryl methyl sites for hydroxylation is 2. The van der Waals surface area contributed by atoms with Crippen LogP contribution < -0.4 is 5.32 Å². The van der Waals surface area contributed by atoms with E-state index in [9.17, 15) is 4.79 Å². The molecule has 0 aliphatic rings. The van der Waals surface area contributed by atoms with E-state index in [0.29, 0.717) is 16.9 Å². The zero-order chi connectivity index (χ0) is 14.0. The van der Waals surface area contributed by atoms with Gasteiger partial charge in [0.15, 0.2) is 5.65 Å². The van der Waals surface area contributed by atoms with Gasteiger partial charge in [0.2, 0.25) is 0 Å². The van der Waals surface area contributed by atoms with E-state index >= 15 is 0 Å². The van der Waals surface area contributed by atoms with Gasteiger partial charge in [-0.05, 0) is 13.8 Å². The molecule has 1 amide bonds. The van der Waals surface area contributed by atoms with Crippen molar-refractivity contribution in [1.29, 1.82) is 0 Å². The SMILES string of the molecule is Cc1cc2ncc(C(=O)NC(CO)CO)c(C)n2n1. The lowest BCUT2D eigenvalue weighted by Crippen LogP contribution is -2.40. The summed E-state index contributed by atoms with van der Waals surface area (Å²) >= 11 is 0. The molecule has 0 spiro atoms. The molecule has 3 N–H and O–H groups in total. The summed E-state index contributed by atoms with van der Waals surface area (Å²) in [4.78, 5) is 16.2. The van der Waals surface area contributed by atoms with Crippen LogP contribution in [0.5, 0.6) is 0 Å². The van der Waals surface area contributed by atoms with E-state index in [0.717, 1.165) is 5.69 Å². The van der Waals surface area contributed by atoms with Crippen LogP contribution in [-0.4, -0.2) is 50.0 Å². The van der Waals surface area contributed by atoms with Gasteiger partial charge < -0.3 is 15.5 Å². The number of carbonyl (C=O) groups excluding carboxylic acids is 1. The maximum atomic E-state index is 12.0. The van der Waals surface area contributed by atoms with E-state index in [1.54, 1.807) is 11.4 Å². The van der Waals surface area contributed by atoms with E-state index in [2.05, 4.69) is 15.4 Å². The molecule has 0 fully saturated rings. The number of fused-ring (bicyclic) bond motifs is 1. The average Bonchev–Trinajstić information content (AvgIpc) is 2.77. The van der Waals surface area contributed by atoms with Gasteiger partial charge in [-0.15, -0.1) is 0 Å². The van der Waals surface area contributed by atoms with Crippen LogP contribution in [-0.2, 0) is 0 Å². The number of nitrogens with zero attached hydrogens (tertiary/aromatic N) is 3. The van der Waals surface area contributed by atoms with E-state index in [1.807, 2.05) is 13.0 Å². The summed E-state index contributed by atoms with van der Waals surface area (Å²) in [5.41, 5.74) is 2.51. The van der Waals surface area contributed by atoms with Gasteiger partial charge in [0.25, 0.3) is 5.91 Å². The first-order valence-corrected chi connectivity index (χ1v) is 5.91. The van der Waals surface area contributed by atoms with Crippen LogP contribution >= 0.6 is 0 Å². The minimum atomic E-state index is -0.679. The molecule has 7 heteroatoms. The minimum absolute atomic E-state index is 0.322. The molecular weight excluding hydrogens is 248 g/mol. The molecule has 0 atom stereocenters. The van der Waals surface area contributed by atoms with Crippen molar-refractivity contribution in [1.82, 2.24) is 19.9 Å². The van der Waals surface area contributed by atoms with E-state index < -0.39 is 11.9 Å². The molecule has 2 heterocycles. The smallest absolute Gasteiger partial charge is 0.255 e. The predicted molar refractivity (Wildman–Crippen MR) is 67.9 cm³/mol. The second-order valence-electron chi connectivity index (χ2n) is 4.35. The monoisotopic (exact) mass is 264 g/mol. The highest BCUT2D eigenvalue weighted by atomic mass is 16.3. The topological polar surface area (TPSA) is 99.8 Å². The van der Waals surface area contributed by atoms with Crippen LogP contribution in [0.3, 0.4) is 0 Å². The first kappa shape index (κ1) is 13.4. The minimum Gasteiger partial charge on any atom is -0.394 e. The molecule has 0 aliphatic carbocycles. The maximum absolute atomic E-state index is 12.0. The first-order chi connectivity index (χ1) is 9.06. The standard InChI is InChI=1S/C12H16N4O3/c1-7-3-11-13-4-10(8(2)16(11)15-7)12(19)14-9(5-17)6-18/h3-4,9,17-18H,5-6H2,1-2H3,(H,14,19). The number of amides is 1. The van der Waals surface area contributed by atoms with Crippen LogP contribution in [0, 0.1) is 13.8 Å². The summed E-state index contributed by atoms with van der Waals surface area (Å²) in [5, 5.41) is 24.7. The molecule has 102 valence electrons. The lowest BCUT2D eigenvalue weighted by molar-refractivity contribution is 0.0877. The zero-order valence-corrected chi connectivity index (χ0v) is 10.8. The van der Waals surface area contributed by atoms with Crippen molar-refractivity contribution in [3.63, 3.8) is 0 Å². The Morgan fingerprint density at radius 3 is 2.74 bits per heavy atom. The highest BCUT2D eigenvalue weighted by Gasteiger charge is 2.16. The Kier molecular flexibility index (Phi) is 3.77. The van der Waals surface area contributed by atoms with Gasteiger partial charge in [-0.2, -0.15) is 5.10 Å². The fourth-order valence-corrected chi connectivity index (χ4v) is 1.80. The molecule has 0 radical (unpaired) electrons. The number of rotatable bonds is 4. The van der Waals surface area contributed by atoms with Gasteiger partial charge in [0.1, 0.15) is 0 Å². The molecule has 0 saturated carbocycles. The molecule has 2 aromatic heterocycles. The largest absolute Gasteiger partial charge is 0.394 e. The Balaban J connectivity index is 2.34. The second-order valence-corrected chi connectivity index (χ2v) is 4.35. The van der Waals surface area contributed by atoms with Crippen LogP contribution in [0.15, 0.2) is 12.3 Å². The lowest BCUT2D eigenvalue weighted by atomic mass is 10.2. The Labute approximate surface area is 109 Å². The summed E-state index contributed by atoms with van der Waals surface area (Å²) in [7, 11) is 0. The second kappa shape index (κ2) is 5.33. The Hall–Kier alpha value is -1.99. The number of hydrogen-bond acceptors (Lipinski definition) is 5. The fraction of sp³-hybridized carbons (Fsp3) is 0.417. The molecular formula is C12H16N4O3. The third-order valence-corrected chi connectivity index (χ3v) is 2.87. The highest BCUT2D eigenvalue weighted by molar-refractivity contribution is 5.95. The average molecular weight is 264 g/mol. The van der Waals surface area contributed by atoms with Crippen LogP contribution in [0.25, 0.3) is 5.65 Å². The summed E-state index contributed by atoms with van der Waals surface area (Å²) in [6.07, 6.45) is 1.47. The number of aliphatic hydroxyl groups excluding tert-OH is 2. The zero-order valence-electron chi connectivity index (χ0n) is 10.8. The Morgan fingerprint density at radius 1 is 1.42 bits per heavy atom. The molecule has 19 heavy (non-hydrogen) atoms. The Morgan fingerprint density at radius 2 is 2.11 bits per heavy atom. The van der Waals surface area contributed by atoms with Crippen molar-refractivity contribution in [2.75, 3.05) is 13.2 Å². The van der Waals surface area contributed by atoms with Gasteiger partial charge >= 0.3 is 0 Å². The molecule has 7 nitrogen and oxygen atoms in total. The first-order valence-electron chi connectivity index (χ1n) is 5.91. The molecule has 0 aliphatic heterocycles. The van der Waals surface area contributed by atoms with E-state index in [-0.39, 0.29) is 13.2 Å². The van der Waals surface area contributed by atoms with Crippen molar-refractivity contribution in [2.24, 2.45) is 0 Å². The maximum Gasteiger partial charge on any atom is 0.255 e. The molecule has 0 bridgehead atoms. The molecule has 2 aromatic rings. The molecule has 2 rings (SSSR count). The third kappa shape index (κ3) is 2.56. The molecule has 0 saturated heterocycles. The van der Waals surface area contributed by atoms with Crippen molar-refractivity contribution in [2.45, 2.75) is 19.9 Å². The molecule has 0 aromatic carbocycles. The van der Waals surface area contributed by atoms with Crippen LogP contribution in [0.1, 0.15) is 21.7 Å². The summed E-state index contributed by atoms with van der Waals surface area (Å²) in [6, 6.07) is 1.14. The van der Waals surface area contributed by atoms with Crippen molar-refractivity contribution >= 4 is 11.6 Å². The lowest BCUT2D eigenvalue weighted by Gasteiger charge is -2.14. The van der Waals surface area contributed by atoms with Gasteiger partial charge in [-0.1, -0.05) is 0 Å².